The molecule has 1 saturated heterocycles. The van der Waals surface area contributed by atoms with E-state index in [1.807, 2.05) is 0 Å². The van der Waals surface area contributed by atoms with Crippen LogP contribution in [0.3, 0.4) is 0 Å². The maximum atomic E-state index is 13.3. The van der Waals surface area contributed by atoms with Gasteiger partial charge >= 0.3 is 5.69 Å². The summed E-state index contributed by atoms with van der Waals surface area (Å²) in [6.45, 7) is 1.03. The summed E-state index contributed by atoms with van der Waals surface area (Å²) in [6, 6.07) is 0. The molecule has 2 N–H and O–H groups in total. The molecule has 1 fully saturated rings. The molecule has 0 unspecified atom stereocenters. The Hall–Kier alpha value is -1.51. The molecular weight excluding hydrogens is 245 g/mol. The number of nitrogens with two attached hydrogens (primary N) is 1. The van der Waals surface area contributed by atoms with E-state index in [-0.39, 0.29) is 12.5 Å². The molecule has 100 valence electrons. The van der Waals surface area contributed by atoms with E-state index >= 15 is 0 Å². The van der Waals surface area contributed by atoms with Gasteiger partial charge in [0.15, 0.2) is 11.6 Å². The lowest BCUT2D eigenvalue weighted by Gasteiger charge is -2.16. The molecule has 0 aliphatic carbocycles. The lowest BCUT2D eigenvalue weighted by Crippen LogP contribution is -2.28. The molecule has 18 heavy (non-hydrogen) atoms. The third-order valence-electron chi connectivity index (χ3n) is 2.86. The molecule has 1 aromatic rings. The van der Waals surface area contributed by atoms with Gasteiger partial charge in [0.25, 0.3) is 0 Å². The molecule has 7 nitrogen and oxygen atoms in total. The van der Waals surface area contributed by atoms with Crippen molar-refractivity contribution in [1.82, 2.24) is 9.55 Å². The van der Waals surface area contributed by atoms with Gasteiger partial charge in [-0.1, -0.05) is 0 Å². The molecule has 1 aromatic heterocycles. The van der Waals surface area contributed by atoms with Gasteiger partial charge < -0.3 is 20.3 Å². The van der Waals surface area contributed by atoms with Gasteiger partial charge in [-0.15, -0.1) is 0 Å². The Labute approximate surface area is 102 Å². The molecule has 3 atom stereocenters. The number of hydrogen-bond donors (Lipinski definition) is 1. The lowest BCUT2D eigenvalue weighted by atomic mass is 10.2. The maximum absolute atomic E-state index is 13.3. The Balaban J connectivity index is 2.24. The minimum atomic E-state index is -0.793. The van der Waals surface area contributed by atoms with E-state index in [9.17, 15) is 14.3 Å². The van der Waals surface area contributed by atoms with Crippen LogP contribution in [-0.2, 0) is 9.47 Å². The summed E-state index contributed by atoms with van der Waals surface area (Å²) in [6.07, 6.45) is -0.237. The first kappa shape index (κ1) is 12.9. The van der Waals surface area contributed by atoms with Crippen LogP contribution in [0.2, 0.25) is 0 Å². The molecule has 1 aliphatic rings. The van der Waals surface area contributed by atoms with Crippen molar-refractivity contribution in [2.24, 2.45) is 0 Å². The van der Waals surface area contributed by atoms with Crippen molar-refractivity contribution >= 4 is 5.82 Å². The van der Waals surface area contributed by atoms with Gasteiger partial charge in [0, 0.05) is 6.42 Å². The quantitative estimate of drug-likeness (QED) is 0.696. The number of nitrogen functional groups attached to an aromatic ring is 1. The predicted molar refractivity (Wildman–Crippen MR) is 56.8 cm³/mol. The van der Waals surface area contributed by atoms with Crippen molar-refractivity contribution in [2.45, 2.75) is 31.8 Å². The van der Waals surface area contributed by atoms with Crippen LogP contribution in [0.15, 0.2) is 11.0 Å². The second-order valence-electron chi connectivity index (χ2n) is 4.02. The topological polar surface area (TPSA) is 102 Å². The fraction of sp³-hybridized carbons (Fsp3) is 0.600. The summed E-state index contributed by atoms with van der Waals surface area (Å²) in [5.74, 6) is -1.24. The van der Waals surface area contributed by atoms with Gasteiger partial charge in [-0.2, -0.15) is 4.98 Å². The maximum Gasteiger partial charge on any atom is 0.351 e. The first-order valence-corrected chi connectivity index (χ1v) is 5.42. The Morgan fingerprint density at radius 2 is 2.50 bits per heavy atom. The largest absolute Gasteiger partial charge is 0.834 e. The molecule has 0 aromatic carbocycles. The average molecular weight is 258 g/mol. The van der Waals surface area contributed by atoms with Crippen LogP contribution >= 0.6 is 0 Å². The fourth-order valence-electron chi connectivity index (χ4n) is 1.92. The smallest absolute Gasteiger partial charge is 0.351 e. The van der Waals surface area contributed by atoms with Gasteiger partial charge in [0.2, 0.25) is 0 Å². The minimum absolute atomic E-state index is 0.286. The van der Waals surface area contributed by atoms with Crippen LogP contribution < -0.4 is 16.5 Å². The standard InChI is InChI=1S/C10H13FN3O4/c1-5-7(17-4-15)2-8(18-5)14-3-6(11)9(12)13-10(14)16/h3,5,7-8H,2,4H2,1H3,(H2,12,13,16)/q-1/t5-,7+,8-/m1/s1. The van der Waals surface area contributed by atoms with Crippen molar-refractivity contribution < 1.29 is 19.0 Å². The third kappa shape index (κ3) is 2.35. The highest BCUT2D eigenvalue weighted by Gasteiger charge is 2.34. The number of nitrogens with zero attached hydrogens (tertiary/aromatic N) is 2. The zero-order valence-corrected chi connectivity index (χ0v) is 9.71. The number of rotatable bonds is 3. The normalized spacial score (nSPS) is 27.6. The first-order chi connectivity index (χ1) is 8.52. The van der Waals surface area contributed by atoms with Gasteiger partial charge in [-0.3, -0.25) is 4.57 Å². The van der Waals surface area contributed by atoms with Gasteiger partial charge in [0.05, 0.1) is 18.4 Å². The van der Waals surface area contributed by atoms with Gasteiger partial charge in [-0.05, 0) is 13.7 Å². The third-order valence-corrected chi connectivity index (χ3v) is 2.86. The van der Waals surface area contributed by atoms with E-state index < -0.39 is 36.4 Å². The second-order valence-corrected chi connectivity index (χ2v) is 4.02. The number of halogens is 1. The summed E-state index contributed by atoms with van der Waals surface area (Å²) in [7, 11) is 0. The van der Waals surface area contributed by atoms with Crippen molar-refractivity contribution in [3.8, 4) is 0 Å². The zero-order chi connectivity index (χ0) is 13.3. The predicted octanol–water partition coefficient (Wildman–Crippen LogP) is -1.02. The summed E-state index contributed by atoms with van der Waals surface area (Å²) in [5.41, 5.74) is 4.48. The van der Waals surface area contributed by atoms with Crippen LogP contribution in [0.4, 0.5) is 10.2 Å². The van der Waals surface area contributed by atoms with Crippen LogP contribution in [0.1, 0.15) is 19.6 Å². The van der Waals surface area contributed by atoms with Crippen molar-refractivity contribution in [3.05, 3.63) is 22.5 Å². The van der Waals surface area contributed by atoms with E-state index in [0.717, 1.165) is 10.8 Å². The molecule has 0 radical (unpaired) electrons. The van der Waals surface area contributed by atoms with E-state index in [2.05, 4.69) is 4.98 Å². The van der Waals surface area contributed by atoms with Crippen LogP contribution in [0.5, 0.6) is 0 Å². The first-order valence-electron chi connectivity index (χ1n) is 5.42. The second kappa shape index (κ2) is 5.01. The molecule has 0 amide bonds. The van der Waals surface area contributed by atoms with Crippen molar-refractivity contribution in [2.75, 3.05) is 12.5 Å². The summed E-state index contributed by atoms with van der Waals surface area (Å²) >= 11 is 0. The van der Waals surface area contributed by atoms with Gasteiger partial charge in [-0.25, -0.2) is 9.18 Å². The Bertz CT molecular complexity index is 493. The molecule has 0 saturated carbocycles. The van der Waals surface area contributed by atoms with E-state index in [1.165, 1.54) is 0 Å². The molecule has 2 rings (SSSR count). The number of hydrogen-bond acceptors (Lipinski definition) is 6. The lowest BCUT2D eigenvalue weighted by molar-refractivity contribution is -0.438. The molecule has 8 heteroatoms. The van der Waals surface area contributed by atoms with E-state index in [0.29, 0.717) is 0 Å². The average Bonchev–Trinajstić information content (AvgIpc) is 2.66. The molecule has 1 aliphatic heterocycles. The van der Waals surface area contributed by atoms with E-state index in [1.54, 1.807) is 6.92 Å². The molecular formula is C10H13FN3O4-. The number of ether oxygens (including phenoxy) is 2. The summed E-state index contributed by atoms with van der Waals surface area (Å²) < 4.78 is 24.6. The van der Waals surface area contributed by atoms with E-state index in [4.69, 9.17) is 15.2 Å². The van der Waals surface area contributed by atoms with Crippen molar-refractivity contribution in [1.29, 1.82) is 0 Å². The Morgan fingerprint density at radius 1 is 1.78 bits per heavy atom. The number of anilines is 1. The molecule has 2 heterocycles. The zero-order valence-electron chi connectivity index (χ0n) is 9.71. The Kier molecular flexibility index (Phi) is 3.60. The summed E-state index contributed by atoms with van der Waals surface area (Å²) in [5, 5.41) is 10.4. The Morgan fingerprint density at radius 3 is 3.17 bits per heavy atom. The summed E-state index contributed by atoms with van der Waals surface area (Å²) in [4.78, 5) is 14.9. The highest BCUT2D eigenvalue weighted by Crippen LogP contribution is 2.29. The van der Waals surface area contributed by atoms with Crippen LogP contribution in [0, 0.1) is 5.82 Å². The van der Waals surface area contributed by atoms with Crippen LogP contribution in [0.25, 0.3) is 0 Å². The van der Waals surface area contributed by atoms with Crippen molar-refractivity contribution in [3.63, 3.8) is 0 Å². The fourth-order valence-corrected chi connectivity index (χ4v) is 1.92. The molecule has 0 bridgehead atoms. The molecule has 0 spiro atoms. The number of aromatic nitrogens is 2. The highest BCUT2D eigenvalue weighted by atomic mass is 19.1. The monoisotopic (exact) mass is 258 g/mol. The minimum Gasteiger partial charge on any atom is -0.834 e. The van der Waals surface area contributed by atoms with Crippen LogP contribution in [-0.4, -0.2) is 28.6 Å². The van der Waals surface area contributed by atoms with Gasteiger partial charge in [0.1, 0.15) is 6.23 Å². The SMILES string of the molecule is C[C@H]1O[C@@H](n2cc(F)c(N)nc2=O)C[C@@H]1OC[O-]. The highest BCUT2D eigenvalue weighted by molar-refractivity contribution is 5.26.